The van der Waals surface area contributed by atoms with E-state index in [1.165, 1.54) is 33.4 Å². The van der Waals surface area contributed by atoms with E-state index in [1.54, 1.807) is 0 Å². The van der Waals surface area contributed by atoms with Crippen LogP contribution >= 0.6 is 0 Å². The lowest BCUT2D eigenvalue weighted by molar-refractivity contribution is 0.762. The summed E-state index contributed by atoms with van der Waals surface area (Å²) in [6.07, 6.45) is 0. The fourth-order valence-corrected chi connectivity index (χ4v) is 5.72. The van der Waals surface area contributed by atoms with E-state index in [4.69, 9.17) is 0 Å². The van der Waals surface area contributed by atoms with Gasteiger partial charge in [-0.2, -0.15) is 10.5 Å². The smallest absolute Gasteiger partial charge is 0.0994 e. The first-order chi connectivity index (χ1) is 16.7. The summed E-state index contributed by atoms with van der Waals surface area (Å²) in [5.41, 5.74) is 14.3. The average molecular weight is 453 g/mol. The van der Waals surface area contributed by atoms with E-state index in [-0.39, 0.29) is 0 Å². The van der Waals surface area contributed by atoms with Crippen molar-refractivity contribution in [2.45, 2.75) is 47.0 Å². The minimum Gasteiger partial charge on any atom is -0.192 e. The highest BCUT2D eigenvalue weighted by atomic mass is 14.5. The molecule has 0 saturated heterocycles. The van der Waals surface area contributed by atoms with Gasteiger partial charge in [0.15, 0.2) is 0 Å². The number of fused-ring (bicyclic) bond motifs is 3. The van der Waals surface area contributed by atoms with Crippen LogP contribution in [0, 0.1) is 64.2 Å². The van der Waals surface area contributed by atoms with Crippen molar-refractivity contribution in [3.8, 4) is 23.3 Å². The molecule has 35 heavy (non-hydrogen) atoms. The molecule has 0 fully saturated rings. The van der Waals surface area contributed by atoms with Crippen molar-refractivity contribution in [1.82, 2.24) is 0 Å². The SMILES string of the molecule is Cc1ccc2c(c1)C(c1cc(C)c(C)c(C#N)c1)(c1cc(C)c(C)c(C#N)c1)c1cc(C)ccc1-2. The van der Waals surface area contributed by atoms with Crippen LogP contribution in [0.4, 0.5) is 0 Å². The highest BCUT2D eigenvalue weighted by molar-refractivity contribution is 5.87. The van der Waals surface area contributed by atoms with E-state index in [0.717, 1.165) is 33.4 Å². The first-order valence-corrected chi connectivity index (χ1v) is 12.0. The fourth-order valence-electron chi connectivity index (χ4n) is 5.72. The molecule has 0 spiro atoms. The van der Waals surface area contributed by atoms with Crippen molar-refractivity contribution in [3.63, 3.8) is 0 Å². The molecule has 1 aliphatic rings. The second kappa shape index (κ2) is 7.97. The topological polar surface area (TPSA) is 47.6 Å². The van der Waals surface area contributed by atoms with Crippen molar-refractivity contribution in [3.05, 3.63) is 127 Å². The monoisotopic (exact) mass is 452 g/mol. The molecule has 0 unspecified atom stereocenters. The van der Waals surface area contributed by atoms with Crippen LogP contribution in [0.3, 0.4) is 0 Å². The van der Waals surface area contributed by atoms with E-state index in [9.17, 15) is 10.5 Å². The molecule has 2 heteroatoms. The number of aryl methyl sites for hydroxylation is 4. The predicted molar refractivity (Wildman–Crippen MR) is 142 cm³/mol. The molecule has 0 N–H and O–H groups in total. The molecular weight excluding hydrogens is 424 g/mol. The molecule has 170 valence electrons. The Morgan fingerprint density at radius 3 is 1.31 bits per heavy atom. The zero-order valence-electron chi connectivity index (χ0n) is 21.2. The Morgan fingerprint density at radius 1 is 0.543 bits per heavy atom. The van der Waals surface area contributed by atoms with E-state index >= 15 is 0 Å². The van der Waals surface area contributed by atoms with Crippen LogP contribution < -0.4 is 0 Å². The van der Waals surface area contributed by atoms with Gasteiger partial charge in [-0.3, -0.25) is 0 Å². The van der Waals surface area contributed by atoms with Crippen LogP contribution in [-0.4, -0.2) is 0 Å². The van der Waals surface area contributed by atoms with Gasteiger partial charge in [0.05, 0.1) is 28.7 Å². The van der Waals surface area contributed by atoms with Gasteiger partial charge >= 0.3 is 0 Å². The fraction of sp³-hybridized carbons (Fsp3) is 0.212. The maximum Gasteiger partial charge on any atom is 0.0994 e. The summed E-state index contributed by atoms with van der Waals surface area (Å²) in [5, 5.41) is 20.0. The number of nitrogens with zero attached hydrogens (tertiary/aromatic N) is 2. The third-order valence-corrected chi connectivity index (χ3v) is 7.89. The normalized spacial score (nSPS) is 13.0. The third kappa shape index (κ3) is 3.14. The molecule has 0 heterocycles. The van der Waals surface area contributed by atoms with Gasteiger partial charge in [0, 0.05) is 0 Å². The van der Waals surface area contributed by atoms with Gasteiger partial charge in [-0.1, -0.05) is 59.7 Å². The van der Waals surface area contributed by atoms with Gasteiger partial charge in [-0.05, 0) is 109 Å². The second-order valence-electron chi connectivity index (χ2n) is 10.0. The third-order valence-electron chi connectivity index (χ3n) is 7.89. The summed E-state index contributed by atoms with van der Waals surface area (Å²) in [6.45, 7) is 12.4. The van der Waals surface area contributed by atoms with E-state index in [2.05, 4.69) is 100 Å². The summed E-state index contributed by atoms with van der Waals surface area (Å²) in [7, 11) is 0. The molecular formula is C33H28N2. The second-order valence-corrected chi connectivity index (χ2v) is 10.0. The maximum atomic E-state index is 10.0. The summed E-state index contributed by atoms with van der Waals surface area (Å²) in [5.74, 6) is 0. The minimum absolute atomic E-state index is 0.628. The molecule has 1 aliphatic carbocycles. The Morgan fingerprint density at radius 2 is 0.943 bits per heavy atom. The molecule has 0 atom stereocenters. The summed E-state index contributed by atoms with van der Waals surface area (Å²) in [4.78, 5) is 0. The van der Waals surface area contributed by atoms with Gasteiger partial charge < -0.3 is 0 Å². The van der Waals surface area contributed by atoms with Gasteiger partial charge in [0.2, 0.25) is 0 Å². The Labute approximate surface area is 208 Å². The summed E-state index contributed by atoms with van der Waals surface area (Å²) < 4.78 is 0. The zero-order chi connectivity index (χ0) is 25.1. The van der Waals surface area contributed by atoms with Crippen LogP contribution in [-0.2, 0) is 5.41 Å². The summed E-state index contributed by atoms with van der Waals surface area (Å²) in [6, 6.07) is 26.8. The van der Waals surface area contributed by atoms with Crippen molar-refractivity contribution < 1.29 is 0 Å². The molecule has 0 aliphatic heterocycles. The Balaban J connectivity index is 2.05. The summed E-state index contributed by atoms with van der Waals surface area (Å²) >= 11 is 0. The first-order valence-electron chi connectivity index (χ1n) is 12.0. The number of hydrogen-bond acceptors (Lipinski definition) is 2. The lowest BCUT2D eigenvalue weighted by atomic mass is 9.66. The molecule has 0 radical (unpaired) electrons. The number of rotatable bonds is 2. The lowest BCUT2D eigenvalue weighted by Crippen LogP contribution is -2.29. The van der Waals surface area contributed by atoms with Crippen LogP contribution in [0.1, 0.15) is 66.8 Å². The molecule has 4 aromatic carbocycles. The lowest BCUT2D eigenvalue weighted by Gasteiger charge is -2.35. The minimum atomic E-state index is -0.628. The largest absolute Gasteiger partial charge is 0.192 e. The maximum absolute atomic E-state index is 10.0. The molecule has 0 saturated carbocycles. The van der Waals surface area contributed by atoms with Crippen molar-refractivity contribution >= 4 is 0 Å². The highest BCUT2D eigenvalue weighted by Crippen LogP contribution is 2.57. The number of benzene rings is 4. The zero-order valence-corrected chi connectivity index (χ0v) is 21.2. The van der Waals surface area contributed by atoms with E-state index in [1.807, 2.05) is 13.8 Å². The van der Waals surface area contributed by atoms with Crippen LogP contribution in [0.5, 0.6) is 0 Å². The predicted octanol–water partition coefficient (Wildman–Crippen LogP) is 7.64. The van der Waals surface area contributed by atoms with E-state index in [0.29, 0.717) is 11.1 Å². The molecule has 0 amide bonds. The van der Waals surface area contributed by atoms with E-state index < -0.39 is 5.41 Å². The standard InChI is InChI=1S/C33H28N2/c1-19-7-9-29-30-10-8-20(2)12-32(30)33(31(29)11-19,27-13-21(3)23(5)25(15-27)17-34)28-14-22(4)24(6)26(16-28)18-35/h7-16H,1-6H3. The van der Waals surface area contributed by atoms with Crippen LogP contribution in [0.15, 0.2) is 60.7 Å². The number of nitriles is 2. The van der Waals surface area contributed by atoms with Crippen LogP contribution in [0.25, 0.3) is 11.1 Å². The van der Waals surface area contributed by atoms with Gasteiger partial charge in [0.25, 0.3) is 0 Å². The van der Waals surface area contributed by atoms with Crippen molar-refractivity contribution in [2.24, 2.45) is 0 Å². The first kappa shape index (κ1) is 22.6. The highest BCUT2D eigenvalue weighted by Gasteiger charge is 2.47. The Bertz CT molecular complexity index is 1500. The molecule has 0 bridgehead atoms. The van der Waals surface area contributed by atoms with Gasteiger partial charge in [0.1, 0.15) is 0 Å². The van der Waals surface area contributed by atoms with Gasteiger partial charge in [-0.15, -0.1) is 0 Å². The van der Waals surface area contributed by atoms with Crippen LogP contribution in [0.2, 0.25) is 0 Å². The molecule has 0 aromatic heterocycles. The van der Waals surface area contributed by atoms with Crippen molar-refractivity contribution in [1.29, 1.82) is 10.5 Å². The average Bonchev–Trinajstić information content (AvgIpc) is 3.11. The number of hydrogen-bond donors (Lipinski definition) is 0. The molecule has 2 nitrogen and oxygen atoms in total. The van der Waals surface area contributed by atoms with Crippen molar-refractivity contribution in [2.75, 3.05) is 0 Å². The van der Waals surface area contributed by atoms with Gasteiger partial charge in [-0.25, -0.2) is 0 Å². The molecule has 4 aromatic rings. The Hall–Kier alpha value is -4.14. The quantitative estimate of drug-likeness (QED) is 0.276. The molecule has 5 rings (SSSR count). The Kier molecular flexibility index (Phi) is 5.16.